The van der Waals surface area contributed by atoms with Crippen molar-refractivity contribution in [2.75, 3.05) is 44.0 Å². The van der Waals surface area contributed by atoms with Crippen LogP contribution in [0, 0.1) is 19.8 Å². The van der Waals surface area contributed by atoms with Crippen molar-refractivity contribution in [3.63, 3.8) is 0 Å². The van der Waals surface area contributed by atoms with Crippen LogP contribution >= 0.6 is 0 Å². The molecule has 0 aliphatic carbocycles. The van der Waals surface area contributed by atoms with E-state index >= 15 is 0 Å². The van der Waals surface area contributed by atoms with Crippen LogP contribution in [-0.2, 0) is 14.8 Å². The van der Waals surface area contributed by atoms with Gasteiger partial charge in [-0.25, -0.2) is 8.42 Å². The van der Waals surface area contributed by atoms with Crippen molar-refractivity contribution in [1.82, 2.24) is 4.31 Å². The number of hydrogen-bond donors (Lipinski definition) is 0. The summed E-state index contributed by atoms with van der Waals surface area (Å²) in [4.78, 5) is 17.1. The van der Waals surface area contributed by atoms with Gasteiger partial charge < -0.3 is 9.80 Å². The third kappa shape index (κ3) is 4.37. The zero-order chi connectivity index (χ0) is 22.1. The summed E-state index contributed by atoms with van der Waals surface area (Å²) < 4.78 is 27.6. The van der Waals surface area contributed by atoms with E-state index in [0.29, 0.717) is 30.8 Å². The zero-order valence-electron chi connectivity index (χ0n) is 18.4. The molecule has 6 nitrogen and oxygen atoms in total. The highest BCUT2D eigenvalue weighted by Gasteiger charge is 2.34. The van der Waals surface area contributed by atoms with Gasteiger partial charge in [-0.3, -0.25) is 4.79 Å². The number of amides is 1. The van der Waals surface area contributed by atoms with Crippen LogP contribution in [0.2, 0.25) is 0 Å². The molecule has 0 saturated carbocycles. The van der Waals surface area contributed by atoms with Gasteiger partial charge in [-0.2, -0.15) is 4.31 Å². The van der Waals surface area contributed by atoms with Gasteiger partial charge in [0.2, 0.25) is 15.9 Å². The minimum absolute atomic E-state index is 0.0347. The lowest BCUT2D eigenvalue weighted by atomic mass is 9.96. The van der Waals surface area contributed by atoms with Crippen molar-refractivity contribution in [1.29, 1.82) is 0 Å². The number of carbonyl (C=O) groups is 1. The summed E-state index contributed by atoms with van der Waals surface area (Å²) in [6, 6.07) is 13.0. The first-order valence-electron chi connectivity index (χ1n) is 10.2. The van der Waals surface area contributed by atoms with Gasteiger partial charge in [0.15, 0.2) is 0 Å². The second-order valence-electron chi connectivity index (χ2n) is 8.20. The second-order valence-corrected chi connectivity index (χ2v) is 10.1. The lowest BCUT2D eigenvalue weighted by Gasteiger charge is -2.33. The van der Waals surface area contributed by atoms with Crippen molar-refractivity contribution >= 4 is 27.3 Å². The number of benzene rings is 2. The Morgan fingerprint density at radius 3 is 2.10 bits per heavy atom. The summed E-state index contributed by atoms with van der Waals surface area (Å²) in [6.45, 7) is 4.60. The molecular formula is C23H31N3O3S. The molecule has 0 unspecified atom stereocenters. The predicted molar refractivity (Wildman–Crippen MR) is 122 cm³/mol. The fourth-order valence-electron chi connectivity index (χ4n) is 3.89. The van der Waals surface area contributed by atoms with E-state index in [4.69, 9.17) is 0 Å². The molecule has 1 aliphatic heterocycles. The van der Waals surface area contributed by atoms with Crippen LogP contribution in [0.15, 0.2) is 47.4 Å². The van der Waals surface area contributed by atoms with Gasteiger partial charge in [0.05, 0.1) is 16.3 Å². The van der Waals surface area contributed by atoms with Gasteiger partial charge in [0.1, 0.15) is 0 Å². The smallest absolute Gasteiger partial charge is 0.243 e. The molecule has 7 heteroatoms. The molecule has 0 atom stereocenters. The van der Waals surface area contributed by atoms with Gasteiger partial charge in [-0.1, -0.05) is 18.2 Å². The highest BCUT2D eigenvalue weighted by molar-refractivity contribution is 7.89. The number of carbonyl (C=O) groups excluding carboxylic acids is 1. The molecule has 30 heavy (non-hydrogen) atoms. The number of para-hydroxylation sites is 2. The molecule has 0 aromatic heterocycles. The monoisotopic (exact) mass is 429 g/mol. The standard InChI is InChI=1S/C23H31N3O3S/c1-17-10-11-20(16-18(17)2)30(28,29)26-14-12-19(13-15-26)23(27)25(5)22-9-7-6-8-21(22)24(3)4/h6-11,16,19H,12-15H2,1-5H3. The minimum Gasteiger partial charge on any atom is -0.376 e. The first kappa shape index (κ1) is 22.3. The predicted octanol–water partition coefficient (Wildman–Crippen LogP) is 3.43. The molecule has 1 amide bonds. The number of sulfonamides is 1. The van der Waals surface area contributed by atoms with Gasteiger partial charge in [-0.05, 0) is 62.1 Å². The number of nitrogens with zero attached hydrogens (tertiary/aromatic N) is 3. The average molecular weight is 430 g/mol. The normalized spacial score (nSPS) is 15.8. The maximum absolute atomic E-state index is 13.1. The molecule has 0 N–H and O–H groups in total. The topological polar surface area (TPSA) is 60.9 Å². The van der Waals surface area contributed by atoms with Crippen LogP contribution in [0.25, 0.3) is 0 Å². The maximum atomic E-state index is 13.1. The lowest BCUT2D eigenvalue weighted by molar-refractivity contribution is -0.123. The third-order valence-electron chi connectivity index (χ3n) is 5.97. The molecule has 1 heterocycles. The Bertz CT molecular complexity index is 1030. The molecule has 2 aromatic carbocycles. The van der Waals surface area contributed by atoms with Gasteiger partial charge in [0, 0.05) is 40.2 Å². The Balaban J connectivity index is 1.70. The molecule has 0 spiro atoms. The zero-order valence-corrected chi connectivity index (χ0v) is 19.2. The van der Waals surface area contributed by atoms with Gasteiger partial charge in [0.25, 0.3) is 0 Å². The molecule has 1 saturated heterocycles. The fraction of sp³-hybridized carbons (Fsp3) is 0.435. The SMILES string of the molecule is Cc1ccc(S(=O)(=O)N2CCC(C(=O)N(C)c3ccccc3N(C)C)CC2)cc1C. The van der Waals surface area contributed by atoms with Crippen molar-refractivity contribution in [2.45, 2.75) is 31.6 Å². The first-order valence-corrected chi connectivity index (χ1v) is 11.7. The van der Waals surface area contributed by atoms with E-state index in [1.807, 2.05) is 63.2 Å². The number of anilines is 2. The fourth-order valence-corrected chi connectivity index (χ4v) is 5.44. The molecule has 3 rings (SSSR count). The number of aryl methyl sites for hydroxylation is 2. The van der Waals surface area contributed by atoms with E-state index in [-0.39, 0.29) is 11.8 Å². The van der Waals surface area contributed by atoms with E-state index in [9.17, 15) is 13.2 Å². The van der Waals surface area contributed by atoms with E-state index in [0.717, 1.165) is 22.5 Å². The largest absolute Gasteiger partial charge is 0.376 e. The Labute approximate surface area is 180 Å². The quantitative estimate of drug-likeness (QED) is 0.731. The summed E-state index contributed by atoms with van der Waals surface area (Å²) in [5.41, 5.74) is 3.86. The van der Waals surface area contributed by atoms with Gasteiger partial charge in [-0.15, -0.1) is 0 Å². The molecule has 0 bridgehead atoms. The lowest BCUT2D eigenvalue weighted by Crippen LogP contribution is -2.43. The second kappa shape index (κ2) is 8.78. The van der Waals surface area contributed by atoms with Crippen LogP contribution < -0.4 is 9.80 Å². The number of piperidine rings is 1. The summed E-state index contributed by atoms with van der Waals surface area (Å²) in [5.74, 6) is -0.149. The molecular weight excluding hydrogens is 398 g/mol. The molecule has 162 valence electrons. The average Bonchev–Trinajstić information content (AvgIpc) is 2.74. The van der Waals surface area contributed by atoms with Crippen molar-refractivity contribution in [2.24, 2.45) is 5.92 Å². The Morgan fingerprint density at radius 1 is 0.933 bits per heavy atom. The van der Waals surface area contributed by atoms with Crippen molar-refractivity contribution < 1.29 is 13.2 Å². The molecule has 0 radical (unpaired) electrons. The van der Waals surface area contributed by atoms with Crippen LogP contribution in [0.1, 0.15) is 24.0 Å². The van der Waals surface area contributed by atoms with Crippen molar-refractivity contribution in [3.05, 3.63) is 53.6 Å². The highest BCUT2D eigenvalue weighted by Crippen LogP contribution is 2.31. The van der Waals surface area contributed by atoms with E-state index < -0.39 is 10.0 Å². The Kier molecular flexibility index (Phi) is 6.53. The first-order chi connectivity index (χ1) is 14.1. The van der Waals surface area contributed by atoms with Crippen LogP contribution in [-0.4, -0.2) is 52.9 Å². The summed E-state index contributed by atoms with van der Waals surface area (Å²) in [5, 5.41) is 0. The molecule has 2 aromatic rings. The molecule has 1 aliphatic rings. The summed E-state index contributed by atoms with van der Waals surface area (Å²) >= 11 is 0. The van der Waals surface area contributed by atoms with E-state index in [1.54, 1.807) is 24.1 Å². The summed E-state index contributed by atoms with van der Waals surface area (Å²) in [6.07, 6.45) is 1.05. The minimum atomic E-state index is -3.54. The van der Waals surface area contributed by atoms with Crippen molar-refractivity contribution in [3.8, 4) is 0 Å². The van der Waals surface area contributed by atoms with E-state index in [1.165, 1.54) is 4.31 Å². The third-order valence-corrected chi connectivity index (χ3v) is 7.87. The maximum Gasteiger partial charge on any atom is 0.243 e. The van der Waals surface area contributed by atoms with Crippen LogP contribution in [0.4, 0.5) is 11.4 Å². The van der Waals surface area contributed by atoms with Crippen LogP contribution in [0.3, 0.4) is 0 Å². The number of hydrogen-bond acceptors (Lipinski definition) is 4. The highest BCUT2D eigenvalue weighted by atomic mass is 32.2. The molecule has 1 fully saturated rings. The Hall–Kier alpha value is -2.38. The number of rotatable bonds is 5. The Morgan fingerprint density at radius 2 is 1.53 bits per heavy atom. The van der Waals surface area contributed by atoms with E-state index in [2.05, 4.69) is 0 Å². The van der Waals surface area contributed by atoms with Gasteiger partial charge >= 0.3 is 0 Å². The summed E-state index contributed by atoms with van der Waals surface area (Å²) in [7, 11) is 2.16. The van der Waals surface area contributed by atoms with Crippen LogP contribution in [0.5, 0.6) is 0 Å².